The van der Waals surface area contributed by atoms with Crippen molar-refractivity contribution in [3.8, 4) is 0 Å². The van der Waals surface area contributed by atoms with Crippen LogP contribution in [0.1, 0.15) is 44.9 Å². The van der Waals surface area contributed by atoms with Crippen LogP contribution in [-0.4, -0.2) is 29.2 Å². The van der Waals surface area contributed by atoms with Crippen molar-refractivity contribution >= 4 is 11.9 Å². The van der Waals surface area contributed by atoms with Crippen LogP contribution in [-0.2, 0) is 0 Å². The highest BCUT2D eigenvalue weighted by Gasteiger charge is 2.51. The number of nitrogens with zero attached hydrogens (tertiary/aromatic N) is 1. The maximum atomic E-state index is 12.0. The monoisotopic (exact) mass is 280 g/mol. The van der Waals surface area contributed by atoms with E-state index in [0.717, 1.165) is 37.0 Å². The van der Waals surface area contributed by atoms with Crippen LogP contribution in [0.15, 0.2) is 5.16 Å². The number of nitrogens with two attached hydrogens (primary N) is 1. The molecule has 4 rings (SSSR count). The van der Waals surface area contributed by atoms with Crippen LogP contribution in [0, 0.1) is 17.8 Å². The average molecular weight is 280 g/mol. The summed E-state index contributed by atoms with van der Waals surface area (Å²) in [5.41, 5.74) is 5.41. The van der Waals surface area contributed by atoms with E-state index < -0.39 is 0 Å². The van der Waals surface area contributed by atoms with Gasteiger partial charge in [-0.05, 0) is 56.3 Å². The number of nitrogens with one attached hydrogen (secondary N) is 2. The quantitative estimate of drug-likeness (QED) is 0.271. The van der Waals surface area contributed by atoms with Gasteiger partial charge in [-0.25, -0.2) is 4.79 Å². The van der Waals surface area contributed by atoms with Crippen LogP contribution in [0.5, 0.6) is 0 Å². The van der Waals surface area contributed by atoms with Crippen LogP contribution >= 0.6 is 0 Å². The first-order chi connectivity index (χ1) is 9.58. The van der Waals surface area contributed by atoms with Crippen molar-refractivity contribution in [3.63, 3.8) is 0 Å². The molecule has 4 bridgehead atoms. The van der Waals surface area contributed by atoms with Crippen molar-refractivity contribution < 1.29 is 10.0 Å². The Morgan fingerprint density at radius 2 is 1.75 bits per heavy atom. The summed E-state index contributed by atoms with van der Waals surface area (Å²) >= 11 is 0. The van der Waals surface area contributed by atoms with E-state index in [1.54, 1.807) is 0 Å². The number of hydrogen-bond acceptors (Lipinski definition) is 3. The van der Waals surface area contributed by atoms with Crippen molar-refractivity contribution in [2.24, 2.45) is 28.6 Å². The summed E-state index contributed by atoms with van der Waals surface area (Å²) in [5.74, 6) is 2.59. The van der Waals surface area contributed by atoms with Gasteiger partial charge in [-0.2, -0.15) is 0 Å². The van der Waals surface area contributed by atoms with Crippen molar-refractivity contribution in [1.82, 2.24) is 10.6 Å². The van der Waals surface area contributed by atoms with Crippen molar-refractivity contribution in [1.29, 1.82) is 0 Å². The summed E-state index contributed by atoms with van der Waals surface area (Å²) in [6.45, 7) is 0.397. The zero-order valence-electron chi connectivity index (χ0n) is 11.8. The fraction of sp³-hybridized carbons (Fsp3) is 0.857. The topological polar surface area (TPSA) is 99.7 Å². The highest BCUT2D eigenvalue weighted by molar-refractivity contribution is 5.81. The summed E-state index contributed by atoms with van der Waals surface area (Å²) in [6, 6.07) is -0.113. The smallest absolute Gasteiger partial charge is 0.315 e. The maximum absolute atomic E-state index is 12.0. The van der Waals surface area contributed by atoms with Gasteiger partial charge in [0.05, 0.1) is 0 Å². The summed E-state index contributed by atoms with van der Waals surface area (Å²) in [7, 11) is 0. The van der Waals surface area contributed by atoms with Gasteiger partial charge in [0.15, 0.2) is 0 Å². The van der Waals surface area contributed by atoms with Crippen LogP contribution in [0.3, 0.4) is 0 Å². The molecule has 112 valence electrons. The summed E-state index contributed by atoms with van der Waals surface area (Å²) in [6.07, 6.45) is 7.90. The third-order valence-electron chi connectivity index (χ3n) is 5.21. The van der Waals surface area contributed by atoms with Gasteiger partial charge in [0, 0.05) is 18.5 Å². The maximum Gasteiger partial charge on any atom is 0.315 e. The third kappa shape index (κ3) is 2.69. The Bertz CT molecular complexity index is 386. The molecule has 0 aromatic carbocycles. The second kappa shape index (κ2) is 5.14. The van der Waals surface area contributed by atoms with Crippen LogP contribution in [0.25, 0.3) is 0 Å². The number of oxime groups is 1. The standard InChI is InChI=1S/C14H24N4O2/c15-12(18-20)1-2-16-13(19)17-14-6-9-3-10(7-14)5-11(4-9)8-14/h9-11,20H,1-8H2,(H2,15,18)(H2,16,17,19). The number of carbonyl (C=O) groups is 1. The number of hydrogen-bond donors (Lipinski definition) is 4. The molecule has 0 spiro atoms. The van der Waals surface area contributed by atoms with Crippen LogP contribution in [0.2, 0.25) is 0 Å². The first kappa shape index (κ1) is 13.5. The van der Waals surface area contributed by atoms with E-state index in [2.05, 4.69) is 15.8 Å². The highest BCUT2D eigenvalue weighted by Crippen LogP contribution is 2.55. The molecular formula is C14H24N4O2. The Labute approximate surface area is 119 Å². The SMILES string of the molecule is NC(CCNC(=O)NC12CC3CC(CC(C3)C1)C2)=NO. The predicted octanol–water partition coefficient (Wildman–Crippen LogP) is 1.39. The second-order valence-corrected chi connectivity index (χ2v) is 6.92. The molecule has 5 N–H and O–H groups in total. The number of rotatable bonds is 4. The lowest BCUT2D eigenvalue weighted by atomic mass is 9.53. The van der Waals surface area contributed by atoms with E-state index in [1.165, 1.54) is 19.3 Å². The molecule has 20 heavy (non-hydrogen) atoms. The molecule has 4 aliphatic rings. The van der Waals surface area contributed by atoms with Gasteiger partial charge < -0.3 is 21.6 Å². The lowest BCUT2D eigenvalue weighted by Crippen LogP contribution is -2.61. The average Bonchev–Trinajstić information content (AvgIpc) is 2.36. The van der Waals surface area contributed by atoms with Gasteiger partial charge >= 0.3 is 6.03 Å². The van der Waals surface area contributed by atoms with Crippen molar-refractivity contribution in [2.45, 2.75) is 50.5 Å². The van der Waals surface area contributed by atoms with Gasteiger partial charge in [-0.3, -0.25) is 0 Å². The van der Waals surface area contributed by atoms with Crippen molar-refractivity contribution in [3.05, 3.63) is 0 Å². The molecule has 0 saturated heterocycles. The molecule has 6 heteroatoms. The van der Waals surface area contributed by atoms with E-state index >= 15 is 0 Å². The lowest BCUT2D eigenvalue weighted by molar-refractivity contribution is -0.0135. The molecule has 0 radical (unpaired) electrons. The minimum atomic E-state index is -0.113. The molecular weight excluding hydrogens is 256 g/mol. The third-order valence-corrected chi connectivity index (χ3v) is 5.21. The van der Waals surface area contributed by atoms with Gasteiger partial charge in [0.2, 0.25) is 0 Å². The van der Waals surface area contributed by atoms with E-state index in [1.807, 2.05) is 0 Å². The van der Waals surface area contributed by atoms with Gasteiger partial charge in [-0.1, -0.05) is 5.16 Å². The van der Waals surface area contributed by atoms with E-state index in [-0.39, 0.29) is 17.4 Å². The summed E-state index contributed by atoms with van der Waals surface area (Å²) < 4.78 is 0. The highest BCUT2D eigenvalue weighted by atomic mass is 16.4. The molecule has 0 aromatic heterocycles. The van der Waals surface area contributed by atoms with Crippen LogP contribution in [0.4, 0.5) is 4.79 Å². The lowest BCUT2D eigenvalue weighted by Gasteiger charge is -2.56. The Hall–Kier alpha value is -1.46. The number of carbonyl (C=O) groups excluding carboxylic acids is 1. The molecule has 0 aromatic rings. The molecule has 4 fully saturated rings. The predicted molar refractivity (Wildman–Crippen MR) is 75.5 cm³/mol. The molecule has 0 aliphatic heterocycles. The second-order valence-electron chi connectivity index (χ2n) is 6.92. The summed E-state index contributed by atoms with van der Waals surface area (Å²) in [4.78, 5) is 12.0. The van der Waals surface area contributed by atoms with Gasteiger partial charge in [0.25, 0.3) is 0 Å². The number of amides is 2. The van der Waals surface area contributed by atoms with E-state index in [0.29, 0.717) is 13.0 Å². The fourth-order valence-corrected chi connectivity index (χ4v) is 4.90. The first-order valence-electron chi connectivity index (χ1n) is 7.61. The molecule has 6 nitrogen and oxygen atoms in total. The molecule has 4 saturated carbocycles. The Kier molecular flexibility index (Phi) is 3.48. The Morgan fingerprint density at radius 3 is 2.25 bits per heavy atom. The van der Waals surface area contributed by atoms with E-state index in [4.69, 9.17) is 10.9 Å². The number of urea groups is 1. The minimum Gasteiger partial charge on any atom is -0.409 e. The fourth-order valence-electron chi connectivity index (χ4n) is 4.90. The summed E-state index contributed by atoms with van der Waals surface area (Å²) in [5, 5.41) is 17.4. The zero-order valence-corrected chi connectivity index (χ0v) is 11.8. The van der Waals surface area contributed by atoms with Gasteiger partial charge in [-0.15, -0.1) is 0 Å². The first-order valence-corrected chi connectivity index (χ1v) is 7.61. The zero-order chi connectivity index (χ0) is 14.2. The number of amidine groups is 1. The molecule has 0 unspecified atom stereocenters. The minimum absolute atomic E-state index is 0.0371. The molecule has 2 amide bonds. The van der Waals surface area contributed by atoms with Crippen LogP contribution < -0.4 is 16.4 Å². The van der Waals surface area contributed by atoms with Gasteiger partial charge in [0.1, 0.15) is 5.84 Å². The van der Waals surface area contributed by atoms with E-state index in [9.17, 15) is 4.79 Å². The molecule has 4 aliphatic carbocycles. The Balaban J connectivity index is 1.51. The largest absolute Gasteiger partial charge is 0.409 e. The van der Waals surface area contributed by atoms with Crippen molar-refractivity contribution in [2.75, 3.05) is 6.54 Å². The molecule has 0 atom stereocenters. The molecule has 0 heterocycles. The Morgan fingerprint density at radius 1 is 1.20 bits per heavy atom. The normalized spacial score (nSPS) is 38.8.